The lowest BCUT2D eigenvalue weighted by atomic mass is 10.0. The van der Waals surface area contributed by atoms with Gasteiger partial charge < -0.3 is 85.5 Å². The molecule has 29 nitrogen and oxygen atoms in total. The molecule has 8 atom stereocenters. The number of hydrogen-bond donors (Lipinski definition) is 15. The number of amides is 9. The molecule has 1 rings (SSSR count). The smallest absolute Gasteiger partial charge is 0.326 e. The van der Waals surface area contributed by atoms with Crippen LogP contribution in [0.1, 0.15) is 85.0 Å². The number of hydrogen-bond acceptors (Lipinski definition) is 15. The van der Waals surface area contributed by atoms with E-state index in [2.05, 4.69) is 42.2 Å². The SMILES string of the molecule is CC(C)C[C@H](NC(=O)[C@H](C)N)C(=O)N[C@@H](CC(N)=O)C(=O)NCC(=O)N[C@@H](CCCN=C(N)N)C(=O)N[C@@H](CCC(=O)O)C(=O)N[C@@H](CCC(=O)O)C(=O)N[C@@H](CO)C(=O)N1CCC[C@H]1C(=O)O. The Balaban J connectivity index is 3.34. The van der Waals surface area contributed by atoms with Crippen LogP contribution in [0.15, 0.2) is 4.99 Å². The summed E-state index contributed by atoms with van der Waals surface area (Å²) < 4.78 is 0. The molecule has 1 heterocycles. The van der Waals surface area contributed by atoms with Crippen LogP contribution in [0.4, 0.5) is 0 Å². The molecular formula is C39H65N13O16. The largest absolute Gasteiger partial charge is 0.481 e. The van der Waals surface area contributed by atoms with Gasteiger partial charge >= 0.3 is 17.9 Å². The molecule has 9 amide bonds. The molecule has 1 saturated heterocycles. The van der Waals surface area contributed by atoms with Gasteiger partial charge in [0.05, 0.1) is 25.6 Å². The van der Waals surface area contributed by atoms with Gasteiger partial charge in [0.1, 0.15) is 42.3 Å². The zero-order chi connectivity index (χ0) is 51.8. The highest BCUT2D eigenvalue weighted by molar-refractivity contribution is 5.98. The van der Waals surface area contributed by atoms with Crippen molar-refractivity contribution >= 4 is 77.0 Å². The number of nitrogens with two attached hydrogens (primary N) is 4. The van der Waals surface area contributed by atoms with Gasteiger partial charge in [-0.25, -0.2) is 4.79 Å². The number of nitrogens with one attached hydrogen (secondary N) is 7. The predicted octanol–water partition coefficient (Wildman–Crippen LogP) is -6.87. The number of guanidine groups is 1. The summed E-state index contributed by atoms with van der Waals surface area (Å²) in [5.74, 6) is -13.8. The summed E-state index contributed by atoms with van der Waals surface area (Å²) >= 11 is 0. The second-order valence-electron chi connectivity index (χ2n) is 16.3. The van der Waals surface area contributed by atoms with E-state index in [4.69, 9.17) is 22.9 Å². The first kappa shape index (κ1) is 58.8. The molecule has 1 aliphatic heterocycles. The Bertz CT molecular complexity index is 1880. The first-order chi connectivity index (χ1) is 31.8. The van der Waals surface area contributed by atoms with Gasteiger partial charge in [0.2, 0.25) is 53.2 Å². The van der Waals surface area contributed by atoms with Crippen LogP contribution >= 0.6 is 0 Å². The van der Waals surface area contributed by atoms with Crippen molar-refractivity contribution < 1.29 is 78.0 Å². The van der Waals surface area contributed by atoms with Gasteiger partial charge in [0.25, 0.3) is 0 Å². The number of primary amides is 1. The lowest BCUT2D eigenvalue weighted by Gasteiger charge is -2.28. The molecule has 0 aromatic heterocycles. The molecule has 19 N–H and O–H groups in total. The van der Waals surface area contributed by atoms with E-state index in [1.165, 1.54) is 6.92 Å². The minimum atomic E-state index is -1.79. The van der Waals surface area contributed by atoms with Gasteiger partial charge in [-0.05, 0) is 57.8 Å². The quantitative estimate of drug-likeness (QED) is 0.0174. The molecule has 0 bridgehead atoms. The lowest BCUT2D eigenvalue weighted by Crippen LogP contribution is -2.59. The molecule has 382 valence electrons. The minimum Gasteiger partial charge on any atom is -0.481 e. The highest BCUT2D eigenvalue weighted by Gasteiger charge is 2.39. The van der Waals surface area contributed by atoms with Crippen LogP contribution in [-0.4, -0.2) is 177 Å². The van der Waals surface area contributed by atoms with Gasteiger partial charge in [-0.15, -0.1) is 0 Å². The van der Waals surface area contributed by atoms with Crippen molar-refractivity contribution in [1.82, 2.24) is 42.1 Å². The summed E-state index contributed by atoms with van der Waals surface area (Å²) in [5, 5.41) is 54.2. The fourth-order valence-corrected chi connectivity index (χ4v) is 6.56. The van der Waals surface area contributed by atoms with Crippen LogP contribution < -0.4 is 60.2 Å². The van der Waals surface area contributed by atoms with E-state index in [-0.39, 0.29) is 50.7 Å². The van der Waals surface area contributed by atoms with Crippen LogP contribution in [-0.2, 0) is 57.5 Å². The molecule has 0 aromatic rings. The van der Waals surface area contributed by atoms with Crippen molar-refractivity contribution in [3.8, 4) is 0 Å². The molecule has 0 radical (unpaired) electrons. The van der Waals surface area contributed by atoms with E-state index in [1.54, 1.807) is 13.8 Å². The average Bonchev–Trinajstić information content (AvgIpc) is 3.75. The standard InChI is InChI=1S/C39H65N13O16/c1-18(2)14-23(49-31(60)19(3)40)36(65)50-24(15-27(41)54)32(61)45-16-28(55)46-20(6-4-12-44-39(42)43)33(62)47-21(8-10-29(56)57)34(63)48-22(9-11-30(58)59)35(64)51-25(17-53)37(66)52-13-5-7-26(52)38(67)68/h18-26,53H,4-17,40H2,1-3H3,(H2,41,54)(H,45,61)(H,46,55)(H,47,62)(H,48,63)(H,49,60)(H,50,65)(H,51,64)(H,56,57)(H,58,59)(H,67,68)(H4,42,43,44)/t19-,20-,21-,22-,23-,24-,25-,26-/m0/s1. The fourth-order valence-electron chi connectivity index (χ4n) is 6.56. The lowest BCUT2D eigenvalue weighted by molar-refractivity contribution is -0.150. The summed E-state index contributed by atoms with van der Waals surface area (Å²) in [6.07, 6.45) is -3.21. The Kier molecular flexibility index (Phi) is 25.5. The van der Waals surface area contributed by atoms with Crippen molar-refractivity contribution in [1.29, 1.82) is 0 Å². The van der Waals surface area contributed by atoms with E-state index in [1.807, 2.05) is 0 Å². The van der Waals surface area contributed by atoms with E-state index < -0.39 is 165 Å². The zero-order valence-corrected chi connectivity index (χ0v) is 38.0. The second kappa shape index (κ2) is 29.5. The molecule has 68 heavy (non-hydrogen) atoms. The number of nitrogens with zero attached hydrogens (tertiary/aromatic N) is 2. The normalized spacial score (nSPS) is 16.2. The molecule has 29 heteroatoms. The minimum absolute atomic E-state index is 0.00513. The Labute approximate surface area is 390 Å². The van der Waals surface area contributed by atoms with E-state index in [0.717, 1.165) is 4.90 Å². The third-order valence-corrected chi connectivity index (χ3v) is 9.99. The third kappa shape index (κ3) is 21.9. The van der Waals surface area contributed by atoms with Gasteiger partial charge in [-0.3, -0.25) is 57.7 Å². The molecule has 0 saturated carbocycles. The number of carboxylic acid groups (broad SMARTS) is 3. The van der Waals surface area contributed by atoms with E-state index in [9.17, 15) is 78.0 Å². The number of carbonyl (C=O) groups excluding carboxylic acids is 9. The third-order valence-electron chi connectivity index (χ3n) is 9.99. The monoisotopic (exact) mass is 971 g/mol. The van der Waals surface area contributed by atoms with Crippen molar-refractivity contribution in [3.05, 3.63) is 0 Å². The molecule has 1 fully saturated rings. The molecule has 0 spiro atoms. The maximum atomic E-state index is 13.8. The summed E-state index contributed by atoms with van der Waals surface area (Å²) in [5.41, 5.74) is 21.7. The fraction of sp³-hybridized carbons (Fsp3) is 0.667. The van der Waals surface area contributed by atoms with Gasteiger partial charge in [0, 0.05) is 25.9 Å². The predicted molar refractivity (Wildman–Crippen MR) is 235 cm³/mol. The Hall–Kier alpha value is -7.17. The maximum absolute atomic E-state index is 13.8. The van der Waals surface area contributed by atoms with E-state index >= 15 is 0 Å². The molecule has 1 aliphatic rings. The number of aliphatic carboxylic acids is 3. The van der Waals surface area contributed by atoms with Gasteiger partial charge in [-0.2, -0.15) is 0 Å². The summed E-state index contributed by atoms with van der Waals surface area (Å²) in [4.78, 5) is 157. The number of rotatable bonds is 31. The highest BCUT2D eigenvalue weighted by Crippen LogP contribution is 2.19. The van der Waals surface area contributed by atoms with Gasteiger partial charge in [0.15, 0.2) is 5.96 Å². The topological polar surface area (TPSA) is 490 Å². The van der Waals surface area contributed by atoms with Crippen molar-refractivity contribution in [2.24, 2.45) is 33.8 Å². The van der Waals surface area contributed by atoms with Gasteiger partial charge in [-0.1, -0.05) is 13.8 Å². The van der Waals surface area contributed by atoms with E-state index in [0.29, 0.717) is 6.42 Å². The van der Waals surface area contributed by atoms with Crippen LogP contribution in [0, 0.1) is 5.92 Å². The first-order valence-corrected chi connectivity index (χ1v) is 21.5. The van der Waals surface area contributed by atoms with Crippen molar-refractivity contribution in [3.63, 3.8) is 0 Å². The number of aliphatic imine (C=N–C) groups is 1. The molecular weight excluding hydrogens is 907 g/mol. The Morgan fingerprint density at radius 2 is 1.13 bits per heavy atom. The number of aliphatic hydroxyl groups is 1. The number of carbonyl (C=O) groups is 12. The summed E-state index contributed by atoms with van der Waals surface area (Å²) in [6.45, 7) is 2.90. The summed E-state index contributed by atoms with van der Waals surface area (Å²) in [7, 11) is 0. The van der Waals surface area contributed by atoms with Crippen LogP contribution in [0.3, 0.4) is 0 Å². The first-order valence-electron chi connectivity index (χ1n) is 21.5. The van der Waals surface area contributed by atoms with Crippen LogP contribution in [0.2, 0.25) is 0 Å². The Morgan fingerprint density at radius 3 is 1.59 bits per heavy atom. The molecule has 0 unspecified atom stereocenters. The number of likely N-dealkylation sites (tertiary alicyclic amines) is 1. The Morgan fingerprint density at radius 1 is 0.647 bits per heavy atom. The van der Waals surface area contributed by atoms with Crippen molar-refractivity contribution in [2.45, 2.75) is 133 Å². The van der Waals surface area contributed by atoms with Crippen LogP contribution in [0.5, 0.6) is 0 Å². The summed E-state index contributed by atoms with van der Waals surface area (Å²) in [6, 6.07) is -11.9. The number of carboxylic acids is 3. The molecule has 0 aromatic carbocycles. The number of aliphatic hydroxyl groups excluding tert-OH is 1. The van der Waals surface area contributed by atoms with Crippen molar-refractivity contribution in [2.75, 3.05) is 26.2 Å². The van der Waals surface area contributed by atoms with Crippen LogP contribution in [0.25, 0.3) is 0 Å². The molecule has 0 aliphatic carbocycles. The zero-order valence-electron chi connectivity index (χ0n) is 38.0. The maximum Gasteiger partial charge on any atom is 0.326 e. The highest BCUT2D eigenvalue weighted by atomic mass is 16.4. The average molecular weight is 972 g/mol. The second-order valence-corrected chi connectivity index (χ2v) is 16.3.